The van der Waals surface area contributed by atoms with Crippen LogP contribution in [0.5, 0.6) is 0 Å². The predicted octanol–water partition coefficient (Wildman–Crippen LogP) is 4.18. The molecule has 0 aromatic rings. The summed E-state index contributed by atoms with van der Waals surface area (Å²) >= 11 is 0. The summed E-state index contributed by atoms with van der Waals surface area (Å²) < 4.78 is 0. The third-order valence-corrected chi connectivity index (χ3v) is 3.98. The second-order valence-electron chi connectivity index (χ2n) is 5.78. The number of amides is 1. The topological polar surface area (TPSA) is 53.8 Å². The monoisotopic (exact) mass is 303 g/mol. The summed E-state index contributed by atoms with van der Waals surface area (Å²) in [6.45, 7) is 11.6. The minimum absolute atomic E-state index is 0.0819. The van der Waals surface area contributed by atoms with Crippen LogP contribution in [0.1, 0.15) is 66.2 Å². The number of rotatable bonds is 6. The summed E-state index contributed by atoms with van der Waals surface area (Å²) in [6.07, 6.45) is 8.33. The van der Waals surface area contributed by atoms with Crippen molar-refractivity contribution in [2.45, 2.75) is 72.3 Å². The zero-order valence-corrected chi connectivity index (χ0v) is 14.4. The van der Waals surface area contributed by atoms with Crippen molar-refractivity contribution in [1.82, 2.24) is 5.32 Å². The Morgan fingerprint density at radius 1 is 1.27 bits per heavy atom. The maximum Gasteiger partial charge on any atom is 0.265 e. The van der Waals surface area contributed by atoms with Crippen molar-refractivity contribution in [1.29, 1.82) is 0 Å². The Balaban J connectivity index is 2.87. The van der Waals surface area contributed by atoms with Crippen LogP contribution in [-0.2, 0) is 4.79 Å². The molecule has 1 N–H and O–H groups in total. The Labute approximate surface area is 134 Å². The molecule has 0 bridgehead atoms. The van der Waals surface area contributed by atoms with Crippen molar-refractivity contribution < 1.29 is 4.79 Å². The molecular formula is C18H29N3O. The molecule has 0 radical (unpaired) electrons. The maximum absolute atomic E-state index is 12.3. The molecule has 4 heteroatoms. The molecule has 1 saturated carbocycles. The summed E-state index contributed by atoms with van der Waals surface area (Å²) in [5.41, 5.74) is 2.88. The molecule has 1 fully saturated rings. The number of carbonyl (C=O) groups excluding carboxylic acids is 1. The zero-order valence-electron chi connectivity index (χ0n) is 14.4. The lowest BCUT2D eigenvalue weighted by molar-refractivity contribution is -0.115. The molecule has 0 aromatic heterocycles. The number of carbonyl (C=O) groups is 1. The van der Waals surface area contributed by atoms with Gasteiger partial charge in [-0.1, -0.05) is 32.8 Å². The molecule has 1 aliphatic rings. The molecule has 0 atom stereocenters. The number of allylic oxidation sites excluding steroid dienone is 2. The molecule has 0 heterocycles. The highest BCUT2D eigenvalue weighted by molar-refractivity contribution is 6.38. The molecule has 1 aliphatic carbocycles. The molecular weight excluding hydrogens is 274 g/mol. The van der Waals surface area contributed by atoms with Crippen molar-refractivity contribution >= 4 is 17.8 Å². The van der Waals surface area contributed by atoms with E-state index in [0.29, 0.717) is 11.8 Å². The van der Waals surface area contributed by atoms with Crippen molar-refractivity contribution in [3.8, 4) is 0 Å². The van der Waals surface area contributed by atoms with E-state index in [1.807, 2.05) is 20.8 Å². The fourth-order valence-corrected chi connectivity index (χ4v) is 2.59. The van der Waals surface area contributed by atoms with E-state index < -0.39 is 0 Å². The number of nitrogens with one attached hydrogen (secondary N) is 1. The van der Waals surface area contributed by atoms with E-state index >= 15 is 0 Å². The third-order valence-electron chi connectivity index (χ3n) is 3.98. The van der Waals surface area contributed by atoms with Gasteiger partial charge in [-0.3, -0.25) is 9.79 Å². The Morgan fingerprint density at radius 3 is 2.45 bits per heavy atom. The number of aliphatic imine (C=N–C) groups is 2. The molecule has 0 unspecified atom stereocenters. The van der Waals surface area contributed by atoms with Crippen LogP contribution in [0.15, 0.2) is 33.5 Å². The normalized spacial score (nSPS) is 18.3. The van der Waals surface area contributed by atoms with Gasteiger partial charge in [0.2, 0.25) is 0 Å². The van der Waals surface area contributed by atoms with Gasteiger partial charge < -0.3 is 5.32 Å². The van der Waals surface area contributed by atoms with E-state index in [9.17, 15) is 4.79 Å². The fraction of sp³-hybridized carbons (Fsp3) is 0.611. The van der Waals surface area contributed by atoms with Crippen LogP contribution in [-0.4, -0.2) is 23.9 Å². The third kappa shape index (κ3) is 5.58. The van der Waals surface area contributed by atoms with Gasteiger partial charge in [0.1, 0.15) is 5.71 Å². The van der Waals surface area contributed by atoms with Crippen LogP contribution in [0.3, 0.4) is 0 Å². The predicted molar refractivity (Wildman–Crippen MR) is 94.4 cm³/mol. The molecule has 0 spiro atoms. The lowest BCUT2D eigenvalue weighted by Gasteiger charge is -2.22. The van der Waals surface area contributed by atoms with Crippen molar-refractivity contribution in [2.75, 3.05) is 0 Å². The van der Waals surface area contributed by atoms with Gasteiger partial charge in [0.05, 0.1) is 11.4 Å². The van der Waals surface area contributed by atoms with Gasteiger partial charge in [-0.2, -0.15) is 0 Å². The Kier molecular flexibility index (Phi) is 7.78. The Bertz CT molecular complexity index is 494. The molecule has 122 valence electrons. The van der Waals surface area contributed by atoms with Crippen LogP contribution >= 0.6 is 0 Å². The first-order valence-electron chi connectivity index (χ1n) is 8.23. The quantitative estimate of drug-likeness (QED) is 0.580. The average molecular weight is 303 g/mol. The molecule has 1 rings (SSSR count). The highest BCUT2D eigenvalue weighted by atomic mass is 16.1. The molecule has 0 aromatic carbocycles. The van der Waals surface area contributed by atoms with Gasteiger partial charge in [-0.05, 0) is 45.6 Å². The average Bonchev–Trinajstić information content (AvgIpc) is 2.52. The SMILES string of the molecule is C=C(CC)C(/N=C(\C)C(=O)NC1CCCCC1)=C(C)\N=C/C. The van der Waals surface area contributed by atoms with E-state index in [1.165, 1.54) is 19.3 Å². The summed E-state index contributed by atoms with van der Waals surface area (Å²) in [7, 11) is 0. The standard InChI is InChI=1S/C18H29N3O/c1-6-13(3)17(14(4)19-7-2)20-15(5)18(22)21-16-11-9-8-10-12-16/h7,16H,3,6,8-12H2,1-2,4-5H3,(H,21,22)/b17-14+,19-7-,20-15+. The van der Waals surface area contributed by atoms with Gasteiger partial charge in [-0.25, -0.2) is 4.99 Å². The second-order valence-corrected chi connectivity index (χ2v) is 5.78. The fourth-order valence-electron chi connectivity index (χ4n) is 2.59. The zero-order chi connectivity index (χ0) is 16.5. The first-order valence-corrected chi connectivity index (χ1v) is 8.23. The van der Waals surface area contributed by atoms with E-state index in [-0.39, 0.29) is 5.91 Å². The van der Waals surface area contributed by atoms with Crippen LogP contribution < -0.4 is 5.32 Å². The van der Waals surface area contributed by atoms with E-state index in [2.05, 4.69) is 21.9 Å². The number of nitrogens with zero attached hydrogens (tertiary/aromatic N) is 2. The van der Waals surface area contributed by atoms with Gasteiger partial charge in [0, 0.05) is 12.3 Å². The minimum Gasteiger partial charge on any atom is -0.348 e. The van der Waals surface area contributed by atoms with Crippen LogP contribution in [0, 0.1) is 0 Å². The van der Waals surface area contributed by atoms with Gasteiger partial charge in [-0.15, -0.1) is 0 Å². The number of hydrogen-bond donors (Lipinski definition) is 1. The smallest absolute Gasteiger partial charge is 0.265 e. The van der Waals surface area contributed by atoms with Crippen molar-refractivity contribution in [3.05, 3.63) is 23.5 Å². The molecule has 4 nitrogen and oxygen atoms in total. The highest BCUT2D eigenvalue weighted by Crippen LogP contribution is 2.20. The largest absolute Gasteiger partial charge is 0.348 e. The van der Waals surface area contributed by atoms with E-state index in [1.54, 1.807) is 13.1 Å². The lowest BCUT2D eigenvalue weighted by Crippen LogP contribution is -2.39. The van der Waals surface area contributed by atoms with E-state index in [4.69, 9.17) is 0 Å². The first kappa shape index (κ1) is 18.3. The lowest BCUT2D eigenvalue weighted by atomic mass is 9.95. The molecule has 0 saturated heterocycles. The number of hydrogen-bond acceptors (Lipinski definition) is 3. The highest BCUT2D eigenvalue weighted by Gasteiger charge is 2.17. The summed E-state index contributed by atoms with van der Waals surface area (Å²) in [4.78, 5) is 21.1. The van der Waals surface area contributed by atoms with Crippen LogP contribution in [0.4, 0.5) is 0 Å². The van der Waals surface area contributed by atoms with E-state index in [0.717, 1.165) is 36.2 Å². The molecule has 1 amide bonds. The molecule has 0 aliphatic heterocycles. The molecule has 22 heavy (non-hydrogen) atoms. The van der Waals surface area contributed by atoms with Crippen molar-refractivity contribution in [2.24, 2.45) is 9.98 Å². The Morgan fingerprint density at radius 2 is 1.91 bits per heavy atom. The Hall–Kier alpha value is -1.71. The maximum atomic E-state index is 12.3. The first-order chi connectivity index (χ1) is 10.5. The van der Waals surface area contributed by atoms with Crippen molar-refractivity contribution in [3.63, 3.8) is 0 Å². The van der Waals surface area contributed by atoms with Gasteiger partial charge >= 0.3 is 0 Å². The summed E-state index contributed by atoms with van der Waals surface area (Å²) in [5.74, 6) is -0.0819. The van der Waals surface area contributed by atoms with Crippen LogP contribution in [0.2, 0.25) is 0 Å². The van der Waals surface area contributed by atoms with Gasteiger partial charge in [0.15, 0.2) is 0 Å². The summed E-state index contributed by atoms with van der Waals surface area (Å²) in [6, 6.07) is 0.294. The summed E-state index contributed by atoms with van der Waals surface area (Å²) in [5, 5.41) is 3.09. The minimum atomic E-state index is -0.0819. The van der Waals surface area contributed by atoms with Crippen LogP contribution in [0.25, 0.3) is 0 Å². The van der Waals surface area contributed by atoms with Gasteiger partial charge in [0.25, 0.3) is 5.91 Å². The second kappa shape index (κ2) is 9.34.